The van der Waals surface area contributed by atoms with Crippen LogP contribution in [0, 0.1) is 13.8 Å². The van der Waals surface area contributed by atoms with Crippen LogP contribution in [-0.4, -0.2) is 25.4 Å². The standard InChI is InChI=1S/C13H11N5O2S/c1-7-14-12(20-17-7)10-6-4-3-5-9(10)11(19)16-13-15-8(2)18-21-13/h3-6H,1-2H3,(H,15,16,18,19). The third kappa shape index (κ3) is 2.79. The number of carbonyl (C=O) groups is 1. The average Bonchev–Trinajstić information content (AvgIpc) is 3.07. The zero-order valence-corrected chi connectivity index (χ0v) is 12.1. The molecule has 106 valence electrons. The topological polar surface area (TPSA) is 93.8 Å². The molecule has 1 N–H and O–H groups in total. The number of anilines is 1. The van der Waals surface area contributed by atoms with Gasteiger partial charge < -0.3 is 4.52 Å². The van der Waals surface area contributed by atoms with Crippen LogP contribution >= 0.6 is 11.5 Å². The van der Waals surface area contributed by atoms with E-state index in [1.165, 1.54) is 0 Å². The summed E-state index contributed by atoms with van der Waals surface area (Å²) in [6.45, 7) is 3.49. The Morgan fingerprint density at radius 3 is 2.67 bits per heavy atom. The Kier molecular flexibility index (Phi) is 3.44. The number of amides is 1. The number of aryl methyl sites for hydroxylation is 2. The average molecular weight is 301 g/mol. The maximum Gasteiger partial charge on any atom is 0.258 e. The van der Waals surface area contributed by atoms with Crippen LogP contribution in [0.1, 0.15) is 22.0 Å². The second-order valence-corrected chi connectivity index (χ2v) is 5.05. The van der Waals surface area contributed by atoms with Crippen molar-refractivity contribution in [3.05, 3.63) is 41.5 Å². The van der Waals surface area contributed by atoms with Crippen LogP contribution in [0.25, 0.3) is 11.5 Å². The summed E-state index contributed by atoms with van der Waals surface area (Å²) in [6, 6.07) is 7.03. The number of rotatable bonds is 3. The highest BCUT2D eigenvalue weighted by Gasteiger charge is 2.17. The first-order valence-electron chi connectivity index (χ1n) is 6.15. The number of nitrogens with one attached hydrogen (secondary N) is 1. The van der Waals surface area contributed by atoms with Gasteiger partial charge in [-0.15, -0.1) is 0 Å². The molecule has 21 heavy (non-hydrogen) atoms. The van der Waals surface area contributed by atoms with E-state index in [2.05, 4.69) is 24.8 Å². The van der Waals surface area contributed by atoms with E-state index < -0.39 is 0 Å². The monoisotopic (exact) mass is 301 g/mol. The third-order valence-electron chi connectivity index (χ3n) is 2.68. The van der Waals surface area contributed by atoms with Gasteiger partial charge in [0.1, 0.15) is 5.82 Å². The van der Waals surface area contributed by atoms with Crippen molar-refractivity contribution in [3.63, 3.8) is 0 Å². The molecule has 0 saturated heterocycles. The largest absolute Gasteiger partial charge is 0.334 e. The van der Waals surface area contributed by atoms with Gasteiger partial charge in [-0.3, -0.25) is 10.1 Å². The Morgan fingerprint density at radius 1 is 1.19 bits per heavy atom. The van der Waals surface area contributed by atoms with Crippen LogP contribution < -0.4 is 5.32 Å². The molecule has 7 nitrogen and oxygen atoms in total. The highest BCUT2D eigenvalue weighted by Crippen LogP contribution is 2.23. The number of hydrogen-bond donors (Lipinski definition) is 1. The molecule has 0 unspecified atom stereocenters. The molecule has 0 radical (unpaired) electrons. The first-order valence-corrected chi connectivity index (χ1v) is 6.92. The normalized spacial score (nSPS) is 10.6. The Bertz CT molecular complexity index is 795. The van der Waals surface area contributed by atoms with Crippen molar-refractivity contribution >= 4 is 22.6 Å². The Morgan fingerprint density at radius 2 is 2.00 bits per heavy atom. The smallest absolute Gasteiger partial charge is 0.258 e. The summed E-state index contributed by atoms with van der Waals surface area (Å²) >= 11 is 1.13. The maximum atomic E-state index is 12.4. The molecule has 2 aromatic heterocycles. The molecule has 3 aromatic rings. The van der Waals surface area contributed by atoms with Gasteiger partial charge in [0.15, 0.2) is 5.82 Å². The molecular formula is C13H11N5O2S. The zero-order valence-electron chi connectivity index (χ0n) is 11.3. The van der Waals surface area contributed by atoms with Crippen molar-refractivity contribution in [1.29, 1.82) is 0 Å². The Balaban J connectivity index is 1.93. The summed E-state index contributed by atoms with van der Waals surface area (Å²) in [4.78, 5) is 20.6. The van der Waals surface area contributed by atoms with Crippen molar-refractivity contribution in [2.24, 2.45) is 0 Å². The molecule has 0 spiro atoms. The quantitative estimate of drug-likeness (QED) is 0.798. The molecule has 1 aromatic carbocycles. The fourth-order valence-corrected chi connectivity index (χ4v) is 2.36. The summed E-state index contributed by atoms with van der Waals surface area (Å²) in [5, 5.41) is 6.91. The van der Waals surface area contributed by atoms with E-state index in [0.29, 0.717) is 33.8 Å². The maximum absolute atomic E-state index is 12.4. The van der Waals surface area contributed by atoms with Crippen LogP contribution in [0.2, 0.25) is 0 Å². The summed E-state index contributed by atoms with van der Waals surface area (Å²) in [7, 11) is 0. The summed E-state index contributed by atoms with van der Waals surface area (Å²) in [6.07, 6.45) is 0. The molecule has 2 heterocycles. The van der Waals surface area contributed by atoms with Gasteiger partial charge in [-0.1, -0.05) is 17.3 Å². The van der Waals surface area contributed by atoms with E-state index >= 15 is 0 Å². The number of carbonyl (C=O) groups excluding carboxylic acids is 1. The van der Waals surface area contributed by atoms with Crippen LogP contribution in [0.15, 0.2) is 28.8 Å². The molecule has 0 aliphatic rings. The SMILES string of the molecule is Cc1noc(-c2ccccc2C(=O)Nc2nc(C)ns2)n1. The lowest BCUT2D eigenvalue weighted by molar-refractivity contribution is 0.102. The Labute approximate surface area is 124 Å². The minimum atomic E-state index is -0.294. The van der Waals surface area contributed by atoms with E-state index in [4.69, 9.17) is 4.52 Å². The number of benzene rings is 1. The molecule has 3 rings (SSSR count). The summed E-state index contributed by atoms with van der Waals surface area (Å²) in [5.74, 6) is 1.15. The van der Waals surface area contributed by atoms with Crippen molar-refractivity contribution < 1.29 is 9.32 Å². The van der Waals surface area contributed by atoms with Gasteiger partial charge in [-0.2, -0.15) is 9.36 Å². The highest BCUT2D eigenvalue weighted by molar-refractivity contribution is 7.09. The van der Waals surface area contributed by atoms with E-state index in [0.717, 1.165) is 11.5 Å². The van der Waals surface area contributed by atoms with Gasteiger partial charge in [0.25, 0.3) is 11.8 Å². The van der Waals surface area contributed by atoms with Crippen molar-refractivity contribution in [1.82, 2.24) is 19.5 Å². The van der Waals surface area contributed by atoms with E-state index in [1.807, 2.05) is 0 Å². The predicted octanol–water partition coefficient (Wildman–Crippen LogP) is 2.46. The second kappa shape index (κ2) is 5.41. The molecule has 8 heteroatoms. The fourth-order valence-electron chi connectivity index (χ4n) is 1.79. The highest BCUT2D eigenvalue weighted by atomic mass is 32.1. The lowest BCUT2D eigenvalue weighted by Crippen LogP contribution is -2.13. The molecule has 0 saturated carbocycles. The molecular weight excluding hydrogens is 290 g/mol. The fraction of sp³-hybridized carbons (Fsp3) is 0.154. The van der Waals surface area contributed by atoms with Crippen molar-refractivity contribution in [2.45, 2.75) is 13.8 Å². The first kappa shape index (κ1) is 13.4. The molecule has 0 aliphatic carbocycles. The predicted molar refractivity (Wildman–Crippen MR) is 77.1 cm³/mol. The van der Waals surface area contributed by atoms with Crippen molar-refractivity contribution in [2.75, 3.05) is 5.32 Å². The zero-order chi connectivity index (χ0) is 14.8. The number of hydrogen-bond acceptors (Lipinski definition) is 7. The van der Waals surface area contributed by atoms with Crippen LogP contribution in [0.4, 0.5) is 5.13 Å². The van der Waals surface area contributed by atoms with Gasteiger partial charge in [-0.05, 0) is 26.0 Å². The van der Waals surface area contributed by atoms with Gasteiger partial charge in [0, 0.05) is 11.5 Å². The van der Waals surface area contributed by atoms with Gasteiger partial charge >= 0.3 is 0 Å². The van der Waals surface area contributed by atoms with Crippen LogP contribution in [0.3, 0.4) is 0 Å². The van der Waals surface area contributed by atoms with Crippen LogP contribution in [-0.2, 0) is 0 Å². The molecule has 0 atom stereocenters. The molecule has 1 amide bonds. The third-order valence-corrected chi connectivity index (χ3v) is 3.40. The van der Waals surface area contributed by atoms with Crippen molar-refractivity contribution in [3.8, 4) is 11.5 Å². The minimum absolute atomic E-state index is 0.294. The first-order chi connectivity index (χ1) is 10.1. The van der Waals surface area contributed by atoms with Crippen LogP contribution in [0.5, 0.6) is 0 Å². The van der Waals surface area contributed by atoms with Gasteiger partial charge in [0.2, 0.25) is 5.13 Å². The van der Waals surface area contributed by atoms with Gasteiger partial charge in [-0.25, -0.2) is 4.98 Å². The van der Waals surface area contributed by atoms with E-state index in [9.17, 15) is 4.79 Å². The Hall–Kier alpha value is -2.61. The minimum Gasteiger partial charge on any atom is -0.334 e. The van der Waals surface area contributed by atoms with E-state index in [-0.39, 0.29) is 5.91 Å². The summed E-state index contributed by atoms with van der Waals surface area (Å²) in [5.41, 5.74) is 1.02. The number of aromatic nitrogens is 4. The van der Waals surface area contributed by atoms with E-state index in [1.54, 1.807) is 38.1 Å². The molecule has 0 bridgehead atoms. The molecule has 0 fully saturated rings. The lowest BCUT2D eigenvalue weighted by Gasteiger charge is -2.05. The lowest BCUT2D eigenvalue weighted by atomic mass is 10.1. The second-order valence-electron chi connectivity index (χ2n) is 4.29. The summed E-state index contributed by atoms with van der Waals surface area (Å²) < 4.78 is 9.15. The number of nitrogens with zero attached hydrogens (tertiary/aromatic N) is 4. The van der Waals surface area contributed by atoms with Gasteiger partial charge in [0.05, 0.1) is 11.1 Å². The molecule has 0 aliphatic heterocycles.